The molecule has 1 amide bonds. The third-order valence-corrected chi connectivity index (χ3v) is 7.42. The molecule has 0 N–H and O–H groups in total. The van der Waals surface area contributed by atoms with Gasteiger partial charge in [0.15, 0.2) is 0 Å². The Morgan fingerprint density at radius 3 is 2.63 bits per heavy atom. The Labute approximate surface area is 178 Å². The van der Waals surface area contributed by atoms with Crippen LogP contribution in [-0.2, 0) is 7.05 Å². The summed E-state index contributed by atoms with van der Waals surface area (Å²) in [5.41, 5.74) is 2.99. The molecule has 3 fully saturated rings. The van der Waals surface area contributed by atoms with Crippen molar-refractivity contribution in [3.8, 4) is 5.75 Å². The zero-order valence-corrected chi connectivity index (χ0v) is 18.3. The van der Waals surface area contributed by atoms with Crippen molar-refractivity contribution in [2.75, 3.05) is 26.7 Å². The van der Waals surface area contributed by atoms with Gasteiger partial charge >= 0.3 is 0 Å². The number of aromatic nitrogens is 2. The van der Waals surface area contributed by atoms with Crippen molar-refractivity contribution < 1.29 is 9.53 Å². The topological polar surface area (TPSA) is 50.6 Å². The third-order valence-electron chi connectivity index (χ3n) is 7.42. The van der Waals surface area contributed by atoms with Crippen LogP contribution in [0.25, 0.3) is 0 Å². The number of aryl methyl sites for hydroxylation is 2. The lowest BCUT2D eigenvalue weighted by molar-refractivity contribution is -0.0511. The van der Waals surface area contributed by atoms with Crippen LogP contribution in [0.3, 0.4) is 0 Å². The van der Waals surface area contributed by atoms with Gasteiger partial charge in [-0.25, -0.2) is 0 Å². The van der Waals surface area contributed by atoms with Gasteiger partial charge in [0.2, 0.25) is 0 Å². The highest BCUT2D eigenvalue weighted by Gasteiger charge is 2.46. The monoisotopic (exact) mass is 408 g/mol. The van der Waals surface area contributed by atoms with Crippen molar-refractivity contribution >= 4 is 5.91 Å². The summed E-state index contributed by atoms with van der Waals surface area (Å²) in [5, 5.41) is 4.37. The minimum absolute atomic E-state index is 0.159. The maximum Gasteiger partial charge on any atom is 0.257 e. The fourth-order valence-corrected chi connectivity index (χ4v) is 6.14. The van der Waals surface area contributed by atoms with Gasteiger partial charge in [-0.2, -0.15) is 5.10 Å². The second kappa shape index (κ2) is 7.73. The Bertz CT molecular complexity index is 922. The molecule has 2 bridgehead atoms. The first-order valence-electron chi connectivity index (χ1n) is 11.2. The van der Waals surface area contributed by atoms with Gasteiger partial charge in [0, 0.05) is 45.0 Å². The normalized spacial score (nSPS) is 28.8. The van der Waals surface area contributed by atoms with Crippen LogP contribution < -0.4 is 4.74 Å². The first-order valence-corrected chi connectivity index (χ1v) is 11.2. The highest BCUT2D eigenvalue weighted by atomic mass is 16.5. The fourth-order valence-electron chi connectivity index (χ4n) is 6.14. The number of rotatable bonds is 3. The number of hydrogen-bond donors (Lipinski definition) is 0. The van der Waals surface area contributed by atoms with E-state index in [2.05, 4.69) is 39.2 Å². The molecule has 4 heterocycles. The number of amides is 1. The van der Waals surface area contributed by atoms with Crippen LogP contribution in [0.2, 0.25) is 0 Å². The third kappa shape index (κ3) is 3.41. The first-order chi connectivity index (χ1) is 14.5. The van der Waals surface area contributed by atoms with E-state index < -0.39 is 0 Å². The van der Waals surface area contributed by atoms with Crippen molar-refractivity contribution in [1.82, 2.24) is 19.6 Å². The number of carbonyl (C=O) groups excluding carboxylic acids is 1. The van der Waals surface area contributed by atoms with Gasteiger partial charge in [-0.1, -0.05) is 12.1 Å². The lowest BCUT2D eigenvalue weighted by atomic mass is 9.74. The van der Waals surface area contributed by atoms with Gasteiger partial charge in [0.1, 0.15) is 5.75 Å². The smallest absolute Gasteiger partial charge is 0.257 e. The molecular weight excluding hydrogens is 376 g/mol. The Kier molecular flexibility index (Phi) is 5.05. The van der Waals surface area contributed by atoms with E-state index in [0.717, 1.165) is 36.6 Å². The summed E-state index contributed by atoms with van der Waals surface area (Å²) in [6.45, 7) is 4.76. The van der Waals surface area contributed by atoms with Gasteiger partial charge in [0.05, 0.1) is 18.4 Å². The number of nitrogens with zero attached hydrogens (tertiary/aromatic N) is 4. The molecule has 1 aromatic heterocycles. The van der Waals surface area contributed by atoms with Crippen LogP contribution in [0.15, 0.2) is 30.5 Å². The summed E-state index contributed by atoms with van der Waals surface area (Å²) in [6.07, 6.45) is 6.85. The minimum atomic E-state index is 0.159. The molecular formula is C24H32N4O2. The van der Waals surface area contributed by atoms with Gasteiger partial charge in [0.25, 0.3) is 5.91 Å². The second-order valence-electron chi connectivity index (χ2n) is 9.36. The number of piperidine rings is 3. The number of carbonyl (C=O) groups is 1. The second-order valence-corrected chi connectivity index (χ2v) is 9.36. The van der Waals surface area contributed by atoms with Gasteiger partial charge in [-0.15, -0.1) is 0 Å². The molecule has 0 radical (unpaired) electrons. The van der Waals surface area contributed by atoms with Crippen LogP contribution >= 0.6 is 0 Å². The van der Waals surface area contributed by atoms with Gasteiger partial charge < -0.3 is 9.64 Å². The van der Waals surface area contributed by atoms with E-state index in [1.54, 1.807) is 11.8 Å². The molecule has 3 saturated heterocycles. The van der Waals surface area contributed by atoms with Crippen molar-refractivity contribution in [2.45, 2.75) is 44.7 Å². The number of likely N-dealkylation sites (tertiary alicyclic amines) is 1. The average molecular weight is 409 g/mol. The highest BCUT2D eigenvalue weighted by molar-refractivity contribution is 5.95. The molecule has 30 heavy (non-hydrogen) atoms. The van der Waals surface area contributed by atoms with Crippen molar-refractivity contribution in [3.05, 3.63) is 47.3 Å². The van der Waals surface area contributed by atoms with E-state index in [1.165, 1.54) is 31.2 Å². The molecule has 3 aliphatic heterocycles. The molecule has 1 aromatic carbocycles. The standard InChI is InChI=1S/C24H32N4O2/c1-16-21(15-26(2)25-16)24(29)27-12-17-11-19(14-27)23-6-4-5-22(28(23)13-17)18-7-9-20(30-3)10-8-18/h7-10,15,17,19,22-23H,4-6,11-14H2,1-3H3/t17-,19+,22+,23-/m0/s1. The van der Waals surface area contributed by atoms with E-state index in [0.29, 0.717) is 23.9 Å². The zero-order valence-electron chi connectivity index (χ0n) is 18.3. The van der Waals surface area contributed by atoms with E-state index in [4.69, 9.17) is 4.74 Å². The van der Waals surface area contributed by atoms with Gasteiger partial charge in [-0.3, -0.25) is 14.4 Å². The predicted molar refractivity (Wildman–Crippen MR) is 116 cm³/mol. The molecule has 6 nitrogen and oxygen atoms in total. The van der Waals surface area contributed by atoms with E-state index >= 15 is 0 Å². The zero-order chi connectivity index (χ0) is 20.8. The SMILES string of the molecule is COc1ccc([C@H]2CCC[C@H]3[C@@H]4C[C@@H](CN(C(=O)c5cn(C)nc5C)C4)CN23)cc1. The molecule has 0 aliphatic carbocycles. The fraction of sp³-hybridized carbons (Fsp3) is 0.583. The van der Waals surface area contributed by atoms with Crippen LogP contribution in [0.5, 0.6) is 5.75 Å². The summed E-state index contributed by atoms with van der Waals surface area (Å²) < 4.78 is 7.09. The molecule has 3 aliphatic rings. The van der Waals surface area contributed by atoms with Crippen molar-refractivity contribution in [2.24, 2.45) is 18.9 Å². The Morgan fingerprint density at radius 1 is 1.13 bits per heavy atom. The quantitative estimate of drug-likeness (QED) is 0.781. The lowest BCUT2D eigenvalue weighted by Crippen LogP contribution is -2.60. The lowest BCUT2D eigenvalue weighted by Gasteiger charge is -2.55. The molecule has 160 valence electrons. The summed E-state index contributed by atoms with van der Waals surface area (Å²) in [6, 6.07) is 9.70. The molecule has 0 unspecified atom stereocenters. The van der Waals surface area contributed by atoms with Crippen molar-refractivity contribution in [3.63, 3.8) is 0 Å². The average Bonchev–Trinajstić information content (AvgIpc) is 3.10. The van der Waals surface area contributed by atoms with Crippen LogP contribution in [-0.4, -0.2) is 58.3 Å². The van der Waals surface area contributed by atoms with Crippen LogP contribution in [0.1, 0.15) is 53.3 Å². The molecule has 5 rings (SSSR count). The Hall–Kier alpha value is -2.34. The van der Waals surface area contributed by atoms with Gasteiger partial charge in [-0.05, 0) is 62.1 Å². The molecule has 6 heteroatoms. The largest absolute Gasteiger partial charge is 0.497 e. The Morgan fingerprint density at radius 2 is 1.93 bits per heavy atom. The number of methoxy groups -OCH3 is 1. The van der Waals surface area contributed by atoms with Crippen LogP contribution in [0, 0.1) is 18.8 Å². The van der Waals surface area contributed by atoms with Crippen LogP contribution in [0.4, 0.5) is 0 Å². The number of ether oxygens (including phenoxy) is 1. The molecule has 0 saturated carbocycles. The molecule has 4 atom stereocenters. The highest BCUT2D eigenvalue weighted by Crippen LogP contribution is 2.44. The maximum atomic E-state index is 13.2. The summed E-state index contributed by atoms with van der Waals surface area (Å²) in [4.78, 5) is 18.1. The van der Waals surface area contributed by atoms with E-state index in [1.807, 2.05) is 20.2 Å². The number of fused-ring (bicyclic) bond motifs is 4. The predicted octanol–water partition coefficient (Wildman–Crippen LogP) is 3.42. The van der Waals surface area contributed by atoms with E-state index in [-0.39, 0.29) is 5.91 Å². The number of benzene rings is 1. The maximum absolute atomic E-state index is 13.2. The first kappa shape index (κ1) is 19.6. The molecule has 0 spiro atoms. The minimum Gasteiger partial charge on any atom is -0.497 e. The van der Waals surface area contributed by atoms with Crippen molar-refractivity contribution in [1.29, 1.82) is 0 Å². The summed E-state index contributed by atoms with van der Waals surface area (Å²) >= 11 is 0. The Balaban J connectivity index is 1.35. The molecule has 2 aromatic rings. The van der Waals surface area contributed by atoms with E-state index in [9.17, 15) is 4.79 Å². The number of hydrogen-bond acceptors (Lipinski definition) is 4. The summed E-state index contributed by atoms with van der Waals surface area (Å²) in [7, 11) is 3.60. The summed E-state index contributed by atoms with van der Waals surface area (Å²) in [5.74, 6) is 2.20.